The maximum atomic E-state index is 9.08. The van der Waals surface area contributed by atoms with Gasteiger partial charge in [0.05, 0.1) is 24.3 Å². The maximum Gasteiger partial charge on any atom is 0.0993 e. The van der Waals surface area contributed by atoms with E-state index in [-0.39, 0.29) is 0 Å². The van der Waals surface area contributed by atoms with Gasteiger partial charge in [0, 0.05) is 36.2 Å². The summed E-state index contributed by atoms with van der Waals surface area (Å²) < 4.78 is 3.72. The third-order valence-electron chi connectivity index (χ3n) is 2.64. The molecule has 0 spiro atoms. The third-order valence-corrected chi connectivity index (χ3v) is 2.64. The second kappa shape index (κ2) is 4.18. The number of hydrogen-bond acceptors (Lipinski definition) is 3. The molecule has 0 atom stereocenters. The maximum absolute atomic E-state index is 9.08. The van der Waals surface area contributed by atoms with Crippen LogP contribution in [-0.4, -0.2) is 19.1 Å². The van der Waals surface area contributed by atoms with Crippen LogP contribution in [0.2, 0.25) is 0 Å². The summed E-state index contributed by atoms with van der Waals surface area (Å²) >= 11 is 0. The molecule has 0 radical (unpaired) electrons. The van der Waals surface area contributed by atoms with Crippen LogP contribution in [0.3, 0.4) is 0 Å². The van der Waals surface area contributed by atoms with Crippen molar-refractivity contribution in [1.29, 1.82) is 5.26 Å². The molecule has 2 heterocycles. The fraction of sp³-hybridized carbons (Fsp3) is 0. The van der Waals surface area contributed by atoms with Crippen LogP contribution in [0.25, 0.3) is 11.4 Å². The number of hydrogen-bond donors (Lipinski definition) is 0. The third kappa shape index (κ3) is 1.76. The first-order chi connectivity index (χ1) is 8.86. The van der Waals surface area contributed by atoms with Crippen LogP contribution in [0.5, 0.6) is 0 Å². The van der Waals surface area contributed by atoms with Gasteiger partial charge >= 0.3 is 0 Å². The van der Waals surface area contributed by atoms with E-state index >= 15 is 0 Å². The highest BCUT2D eigenvalue weighted by Gasteiger charge is 2.03. The summed E-state index contributed by atoms with van der Waals surface area (Å²) in [5, 5.41) is 9.08. The number of nitriles is 1. The van der Waals surface area contributed by atoms with E-state index in [2.05, 4.69) is 16.0 Å². The van der Waals surface area contributed by atoms with Crippen molar-refractivity contribution in [2.24, 2.45) is 0 Å². The Morgan fingerprint density at radius 1 is 0.889 bits per heavy atom. The van der Waals surface area contributed by atoms with Crippen molar-refractivity contribution >= 4 is 0 Å². The van der Waals surface area contributed by atoms with Crippen LogP contribution in [-0.2, 0) is 0 Å². The molecule has 3 aromatic rings. The first kappa shape index (κ1) is 10.3. The molecule has 86 valence electrons. The molecule has 0 N–H and O–H groups in total. The Morgan fingerprint density at radius 2 is 1.44 bits per heavy atom. The second-order valence-corrected chi connectivity index (χ2v) is 3.79. The van der Waals surface area contributed by atoms with E-state index in [1.54, 1.807) is 25.0 Å². The molecule has 0 aliphatic carbocycles. The first-order valence-electron chi connectivity index (χ1n) is 5.39. The summed E-state index contributed by atoms with van der Waals surface area (Å²) in [6.07, 6.45) is 10.5. The zero-order valence-electron chi connectivity index (χ0n) is 9.43. The second-order valence-electron chi connectivity index (χ2n) is 3.79. The Labute approximate surface area is 104 Å². The molecule has 0 unspecified atom stereocenters. The smallest absolute Gasteiger partial charge is 0.0993 e. The van der Waals surface area contributed by atoms with Crippen molar-refractivity contribution < 1.29 is 0 Å². The predicted octanol–water partition coefficient (Wildman–Crippen LogP) is 1.93. The van der Waals surface area contributed by atoms with Crippen LogP contribution in [0, 0.1) is 11.3 Å². The molecule has 5 heteroatoms. The van der Waals surface area contributed by atoms with Crippen LogP contribution in [0.4, 0.5) is 0 Å². The Balaban J connectivity index is 2.17. The van der Waals surface area contributed by atoms with Gasteiger partial charge in [-0.05, 0) is 18.2 Å². The first-order valence-corrected chi connectivity index (χ1v) is 5.39. The van der Waals surface area contributed by atoms with Gasteiger partial charge in [0.25, 0.3) is 0 Å². The van der Waals surface area contributed by atoms with Crippen LogP contribution in [0.1, 0.15) is 5.56 Å². The fourth-order valence-electron chi connectivity index (χ4n) is 1.78. The van der Waals surface area contributed by atoms with Crippen LogP contribution < -0.4 is 0 Å². The van der Waals surface area contributed by atoms with Gasteiger partial charge in [0.1, 0.15) is 0 Å². The van der Waals surface area contributed by atoms with Gasteiger partial charge in [-0.3, -0.25) is 0 Å². The highest BCUT2D eigenvalue weighted by atomic mass is 15.0. The van der Waals surface area contributed by atoms with E-state index in [0.29, 0.717) is 5.56 Å². The van der Waals surface area contributed by atoms with E-state index in [0.717, 1.165) is 11.4 Å². The highest BCUT2D eigenvalue weighted by molar-refractivity contribution is 5.51. The summed E-state index contributed by atoms with van der Waals surface area (Å²) in [7, 11) is 0. The van der Waals surface area contributed by atoms with Crippen molar-refractivity contribution in [3.63, 3.8) is 0 Å². The quantitative estimate of drug-likeness (QED) is 0.681. The lowest BCUT2D eigenvalue weighted by Crippen LogP contribution is -1.96. The minimum atomic E-state index is 0.602. The average Bonchev–Trinajstić information content (AvgIpc) is 3.10. The van der Waals surface area contributed by atoms with E-state index in [9.17, 15) is 0 Å². The van der Waals surface area contributed by atoms with E-state index in [4.69, 9.17) is 5.26 Å². The Hall–Kier alpha value is -2.87. The van der Waals surface area contributed by atoms with Crippen molar-refractivity contribution in [3.05, 3.63) is 61.2 Å². The van der Waals surface area contributed by atoms with Gasteiger partial charge in [-0.25, -0.2) is 9.97 Å². The molecule has 0 aliphatic heterocycles. The molecule has 1 aromatic carbocycles. The van der Waals surface area contributed by atoms with Gasteiger partial charge in [0.15, 0.2) is 0 Å². The molecule has 0 fully saturated rings. The molecule has 2 aromatic heterocycles. The topological polar surface area (TPSA) is 59.4 Å². The molecule has 0 bridgehead atoms. The largest absolute Gasteiger partial charge is 0.306 e. The van der Waals surface area contributed by atoms with E-state index < -0.39 is 0 Å². The molecular formula is C13H9N5. The SMILES string of the molecule is N#Cc1cc(-n2ccnc2)cc(-n2ccnc2)c1. The van der Waals surface area contributed by atoms with Crippen molar-refractivity contribution in [3.8, 4) is 17.4 Å². The molecule has 0 aliphatic rings. The zero-order chi connectivity index (χ0) is 12.4. The van der Waals surface area contributed by atoms with Crippen LogP contribution in [0.15, 0.2) is 55.6 Å². The molecule has 0 saturated carbocycles. The van der Waals surface area contributed by atoms with Gasteiger partial charge in [-0.1, -0.05) is 0 Å². The molecule has 0 amide bonds. The summed E-state index contributed by atoms with van der Waals surface area (Å²) in [5.41, 5.74) is 2.40. The van der Waals surface area contributed by atoms with Gasteiger partial charge in [-0.2, -0.15) is 5.26 Å². The number of imidazole rings is 2. The minimum absolute atomic E-state index is 0.602. The molecule has 3 rings (SSSR count). The average molecular weight is 235 g/mol. The molecule has 18 heavy (non-hydrogen) atoms. The standard InChI is InChI=1S/C13H9N5/c14-8-11-5-12(17-3-1-15-9-17)7-13(6-11)18-4-2-16-10-18/h1-7,9-10H. The van der Waals surface area contributed by atoms with Gasteiger partial charge in [-0.15, -0.1) is 0 Å². The lowest BCUT2D eigenvalue weighted by Gasteiger charge is -2.07. The van der Waals surface area contributed by atoms with Gasteiger partial charge < -0.3 is 9.13 Å². The molecule has 5 nitrogen and oxygen atoms in total. The number of aromatic nitrogens is 4. The van der Waals surface area contributed by atoms with Gasteiger partial charge in [0.2, 0.25) is 0 Å². The monoisotopic (exact) mass is 235 g/mol. The summed E-state index contributed by atoms with van der Waals surface area (Å²) in [6.45, 7) is 0. The Morgan fingerprint density at radius 3 is 1.83 bits per heavy atom. The highest BCUT2D eigenvalue weighted by Crippen LogP contribution is 2.17. The Kier molecular flexibility index (Phi) is 2.39. The lowest BCUT2D eigenvalue weighted by molar-refractivity contribution is 1.02. The van der Waals surface area contributed by atoms with E-state index in [1.165, 1.54) is 0 Å². The molecular weight excluding hydrogens is 226 g/mol. The number of benzene rings is 1. The van der Waals surface area contributed by atoms with Crippen molar-refractivity contribution in [1.82, 2.24) is 19.1 Å². The Bertz CT molecular complexity index is 637. The number of nitrogens with zero attached hydrogens (tertiary/aromatic N) is 5. The van der Waals surface area contributed by atoms with E-state index in [1.807, 2.05) is 39.7 Å². The zero-order valence-corrected chi connectivity index (χ0v) is 9.43. The fourth-order valence-corrected chi connectivity index (χ4v) is 1.78. The summed E-state index contributed by atoms with van der Waals surface area (Å²) in [6, 6.07) is 7.78. The summed E-state index contributed by atoms with van der Waals surface area (Å²) in [5.74, 6) is 0. The predicted molar refractivity (Wildman–Crippen MR) is 65.4 cm³/mol. The molecule has 0 saturated heterocycles. The summed E-state index contributed by atoms with van der Waals surface area (Å²) in [4.78, 5) is 8.01. The number of rotatable bonds is 2. The normalized spacial score (nSPS) is 10.2. The van der Waals surface area contributed by atoms with Crippen molar-refractivity contribution in [2.45, 2.75) is 0 Å². The lowest BCUT2D eigenvalue weighted by atomic mass is 10.2. The van der Waals surface area contributed by atoms with Crippen LogP contribution >= 0.6 is 0 Å². The van der Waals surface area contributed by atoms with Crippen molar-refractivity contribution in [2.75, 3.05) is 0 Å². The minimum Gasteiger partial charge on any atom is -0.306 e.